The molecule has 3 heteroatoms. The van der Waals surface area contributed by atoms with Crippen molar-refractivity contribution in [2.24, 2.45) is 11.7 Å². The van der Waals surface area contributed by atoms with E-state index in [-0.39, 0.29) is 5.54 Å². The summed E-state index contributed by atoms with van der Waals surface area (Å²) < 4.78 is 0. The first-order valence-corrected chi connectivity index (χ1v) is 6.54. The van der Waals surface area contributed by atoms with Gasteiger partial charge >= 0.3 is 0 Å². The third-order valence-electron chi connectivity index (χ3n) is 4.10. The van der Waals surface area contributed by atoms with Crippen molar-refractivity contribution in [3.8, 4) is 0 Å². The predicted molar refractivity (Wildman–Crippen MR) is 70.5 cm³/mol. The molecule has 2 rings (SSSR count). The van der Waals surface area contributed by atoms with E-state index in [1.165, 1.54) is 18.4 Å². The highest BCUT2D eigenvalue weighted by atomic mass is 15.2. The highest BCUT2D eigenvalue weighted by Crippen LogP contribution is 2.42. The molecule has 3 nitrogen and oxygen atoms in total. The van der Waals surface area contributed by atoms with Crippen LogP contribution in [0, 0.1) is 5.92 Å². The maximum Gasteiger partial charge on any atom is 0.0335 e. The van der Waals surface area contributed by atoms with E-state index in [1.807, 2.05) is 12.4 Å². The number of hydrogen-bond donors (Lipinski definition) is 1. The normalized spacial score (nSPS) is 19.3. The summed E-state index contributed by atoms with van der Waals surface area (Å²) in [5, 5.41) is 0. The fraction of sp³-hybridized carbons (Fsp3) is 0.643. The summed E-state index contributed by atoms with van der Waals surface area (Å²) in [7, 11) is 0. The lowest BCUT2D eigenvalue weighted by atomic mass is 9.93. The molecule has 2 N–H and O–H groups in total. The fourth-order valence-corrected chi connectivity index (χ4v) is 2.62. The van der Waals surface area contributed by atoms with Crippen molar-refractivity contribution in [3.05, 3.63) is 30.1 Å². The second-order valence-electron chi connectivity index (χ2n) is 5.21. The smallest absolute Gasteiger partial charge is 0.0335 e. The standard InChI is InChI=1S/C14H23N3/c1-3-17(10-12-6-8-16-9-7-12)14(2,11-15)13-4-5-13/h6-9,13H,3-5,10-11,15H2,1-2H3. The Morgan fingerprint density at radius 3 is 2.53 bits per heavy atom. The molecule has 1 fully saturated rings. The largest absolute Gasteiger partial charge is 0.329 e. The number of likely N-dealkylation sites (N-methyl/N-ethyl adjacent to an activating group) is 1. The molecule has 1 aliphatic carbocycles. The van der Waals surface area contributed by atoms with Gasteiger partial charge in [-0.2, -0.15) is 0 Å². The molecule has 0 aromatic carbocycles. The van der Waals surface area contributed by atoms with Gasteiger partial charge in [0.1, 0.15) is 0 Å². The molecule has 0 radical (unpaired) electrons. The van der Waals surface area contributed by atoms with Gasteiger partial charge in [0.25, 0.3) is 0 Å². The van der Waals surface area contributed by atoms with Gasteiger partial charge in [-0.25, -0.2) is 0 Å². The van der Waals surface area contributed by atoms with Crippen LogP contribution in [0.3, 0.4) is 0 Å². The Hall–Kier alpha value is -0.930. The zero-order valence-electron chi connectivity index (χ0n) is 10.9. The summed E-state index contributed by atoms with van der Waals surface area (Å²) in [4.78, 5) is 6.58. The molecule has 1 aromatic heterocycles. The number of pyridine rings is 1. The molecule has 0 bridgehead atoms. The molecular weight excluding hydrogens is 210 g/mol. The second kappa shape index (κ2) is 5.15. The molecule has 0 spiro atoms. The number of nitrogens with zero attached hydrogens (tertiary/aromatic N) is 2. The molecule has 1 saturated carbocycles. The number of rotatable bonds is 6. The summed E-state index contributed by atoms with van der Waals surface area (Å²) in [5.41, 5.74) is 7.51. The maximum absolute atomic E-state index is 6.02. The molecule has 94 valence electrons. The van der Waals surface area contributed by atoms with Crippen molar-refractivity contribution in [2.45, 2.75) is 38.8 Å². The van der Waals surface area contributed by atoms with Crippen molar-refractivity contribution >= 4 is 0 Å². The van der Waals surface area contributed by atoms with Gasteiger partial charge in [-0.15, -0.1) is 0 Å². The Morgan fingerprint density at radius 2 is 2.06 bits per heavy atom. The number of nitrogens with two attached hydrogens (primary N) is 1. The van der Waals surface area contributed by atoms with Crippen LogP contribution >= 0.6 is 0 Å². The Bertz CT molecular complexity index is 348. The molecule has 1 aliphatic rings. The van der Waals surface area contributed by atoms with Crippen molar-refractivity contribution < 1.29 is 0 Å². The molecule has 1 unspecified atom stereocenters. The van der Waals surface area contributed by atoms with Crippen molar-refractivity contribution in [1.82, 2.24) is 9.88 Å². The summed E-state index contributed by atoms with van der Waals surface area (Å²) in [6, 6.07) is 4.18. The van der Waals surface area contributed by atoms with E-state index in [1.54, 1.807) is 0 Å². The van der Waals surface area contributed by atoms with Crippen LogP contribution in [-0.2, 0) is 6.54 Å². The van der Waals surface area contributed by atoms with Gasteiger partial charge in [-0.05, 0) is 49.9 Å². The zero-order chi connectivity index (χ0) is 12.3. The van der Waals surface area contributed by atoms with Gasteiger partial charge in [0, 0.05) is 31.0 Å². The van der Waals surface area contributed by atoms with Gasteiger partial charge in [-0.1, -0.05) is 6.92 Å². The fourth-order valence-electron chi connectivity index (χ4n) is 2.62. The highest BCUT2D eigenvalue weighted by Gasteiger charge is 2.43. The average molecular weight is 233 g/mol. The lowest BCUT2D eigenvalue weighted by molar-refractivity contribution is 0.0870. The monoisotopic (exact) mass is 233 g/mol. The van der Waals surface area contributed by atoms with Crippen LogP contribution in [0.25, 0.3) is 0 Å². The van der Waals surface area contributed by atoms with Crippen molar-refractivity contribution in [3.63, 3.8) is 0 Å². The van der Waals surface area contributed by atoms with Gasteiger partial charge in [0.05, 0.1) is 0 Å². The van der Waals surface area contributed by atoms with Crippen LogP contribution in [0.15, 0.2) is 24.5 Å². The minimum absolute atomic E-state index is 0.165. The Kier molecular flexibility index (Phi) is 3.79. The first-order chi connectivity index (χ1) is 8.20. The van der Waals surface area contributed by atoms with Gasteiger partial charge in [-0.3, -0.25) is 9.88 Å². The quantitative estimate of drug-likeness (QED) is 0.817. The molecule has 0 aliphatic heterocycles. The Morgan fingerprint density at radius 1 is 1.41 bits per heavy atom. The van der Waals surface area contributed by atoms with Crippen LogP contribution in [0.2, 0.25) is 0 Å². The zero-order valence-corrected chi connectivity index (χ0v) is 10.9. The number of hydrogen-bond acceptors (Lipinski definition) is 3. The summed E-state index contributed by atoms with van der Waals surface area (Å²) in [6.45, 7) is 7.30. The van der Waals surface area contributed by atoms with Gasteiger partial charge < -0.3 is 5.73 Å². The van der Waals surface area contributed by atoms with E-state index in [4.69, 9.17) is 5.73 Å². The molecule has 1 aromatic rings. The SMILES string of the molecule is CCN(Cc1ccncc1)C(C)(CN)C1CC1. The summed E-state index contributed by atoms with van der Waals surface area (Å²) in [5.74, 6) is 0.786. The highest BCUT2D eigenvalue weighted by molar-refractivity contribution is 5.11. The summed E-state index contributed by atoms with van der Waals surface area (Å²) >= 11 is 0. The topological polar surface area (TPSA) is 42.2 Å². The first kappa shape index (κ1) is 12.5. The van der Waals surface area contributed by atoms with Crippen molar-refractivity contribution in [2.75, 3.05) is 13.1 Å². The minimum atomic E-state index is 0.165. The minimum Gasteiger partial charge on any atom is -0.329 e. The van der Waals surface area contributed by atoms with E-state index in [0.717, 1.165) is 25.6 Å². The van der Waals surface area contributed by atoms with Crippen LogP contribution in [-0.4, -0.2) is 28.5 Å². The van der Waals surface area contributed by atoms with Gasteiger partial charge in [0.2, 0.25) is 0 Å². The third kappa shape index (κ3) is 2.67. The number of aromatic nitrogens is 1. The Balaban J connectivity index is 2.10. The van der Waals surface area contributed by atoms with Crippen molar-refractivity contribution in [1.29, 1.82) is 0 Å². The van der Waals surface area contributed by atoms with E-state index in [9.17, 15) is 0 Å². The molecule has 0 saturated heterocycles. The Labute approximate surface area is 104 Å². The predicted octanol–water partition coefficient (Wildman–Crippen LogP) is 2.03. The molecular formula is C14H23N3. The maximum atomic E-state index is 6.02. The average Bonchev–Trinajstić information content (AvgIpc) is 3.21. The molecule has 1 atom stereocenters. The van der Waals surface area contributed by atoms with Crippen LogP contribution in [0.4, 0.5) is 0 Å². The van der Waals surface area contributed by atoms with Gasteiger partial charge in [0.15, 0.2) is 0 Å². The third-order valence-corrected chi connectivity index (χ3v) is 4.10. The van der Waals surface area contributed by atoms with E-state index in [0.29, 0.717) is 0 Å². The lowest BCUT2D eigenvalue weighted by Gasteiger charge is -2.40. The lowest BCUT2D eigenvalue weighted by Crippen LogP contribution is -2.52. The van der Waals surface area contributed by atoms with E-state index in [2.05, 4.69) is 35.9 Å². The van der Waals surface area contributed by atoms with Crippen LogP contribution in [0.1, 0.15) is 32.3 Å². The van der Waals surface area contributed by atoms with E-state index < -0.39 is 0 Å². The van der Waals surface area contributed by atoms with E-state index >= 15 is 0 Å². The van der Waals surface area contributed by atoms with Crippen LogP contribution in [0.5, 0.6) is 0 Å². The molecule has 1 heterocycles. The second-order valence-corrected chi connectivity index (χ2v) is 5.21. The summed E-state index contributed by atoms with van der Waals surface area (Å²) in [6.07, 6.45) is 6.39. The first-order valence-electron chi connectivity index (χ1n) is 6.54. The van der Waals surface area contributed by atoms with Crippen LogP contribution < -0.4 is 5.73 Å². The molecule has 0 amide bonds. The molecule has 17 heavy (non-hydrogen) atoms.